The molecule has 2 heterocycles. The van der Waals surface area contributed by atoms with Crippen LogP contribution in [-0.4, -0.2) is 51.1 Å². The summed E-state index contributed by atoms with van der Waals surface area (Å²) in [6.45, 7) is 9.68. The fraction of sp³-hybridized carbons (Fsp3) is 0.421. The van der Waals surface area contributed by atoms with Crippen molar-refractivity contribution in [2.75, 3.05) is 26.2 Å². The van der Waals surface area contributed by atoms with Gasteiger partial charge in [0.25, 0.3) is 5.56 Å². The van der Waals surface area contributed by atoms with E-state index in [2.05, 4.69) is 23.7 Å². The van der Waals surface area contributed by atoms with Crippen molar-refractivity contribution in [2.24, 2.45) is 0 Å². The number of ether oxygens (including phenoxy) is 1. The Morgan fingerprint density at radius 2 is 1.85 bits per heavy atom. The molecule has 0 saturated carbocycles. The van der Waals surface area contributed by atoms with Crippen LogP contribution in [0, 0.1) is 0 Å². The summed E-state index contributed by atoms with van der Waals surface area (Å²) in [5.41, 5.74) is 1.22. The molecule has 0 amide bonds. The monoisotopic (exact) mass is 356 g/mol. The number of rotatable bonds is 7. The Morgan fingerprint density at radius 1 is 1.15 bits per heavy atom. The van der Waals surface area contributed by atoms with Gasteiger partial charge in [0, 0.05) is 13.1 Å². The number of carbonyl (C=O) groups excluding carboxylic acids is 1. The highest BCUT2D eigenvalue weighted by Gasteiger charge is 2.19. The van der Waals surface area contributed by atoms with Crippen molar-refractivity contribution in [3.8, 4) is 0 Å². The van der Waals surface area contributed by atoms with Gasteiger partial charge >= 0.3 is 5.97 Å². The molecule has 0 radical (unpaired) electrons. The molecule has 0 N–H and O–H groups in total. The topological polar surface area (TPSA) is 68.8 Å². The molecule has 7 nitrogen and oxygen atoms in total. The molecule has 0 spiro atoms. The number of fused-ring (bicyclic) bond motifs is 3. The number of hydrogen-bond donors (Lipinski definition) is 0. The van der Waals surface area contributed by atoms with E-state index in [1.165, 1.54) is 10.6 Å². The van der Waals surface area contributed by atoms with E-state index >= 15 is 0 Å². The van der Waals surface area contributed by atoms with Crippen LogP contribution in [0.5, 0.6) is 0 Å². The first-order valence-corrected chi connectivity index (χ1v) is 9.00. The van der Waals surface area contributed by atoms with Crippen molar-refractivity contribution < 1.29 is 9.53 Å². The molecular weight excluding hydrogens is 332 g/mol. The summed E-state index contributed by atoms with van der Waals surface area (Å²) in [7, 11) is 0. The van der Waals surface area contributed by atoms with Gasteiger partial charge in [-0.25, -0.2) is 14.2 Å². The second-order valence-corrected chi connectivity index (χ2v) is 6.00. The largest absolute Gasteiger partial charge is 0.462 e. The van der Waals surface area contributed by atoms with E-state index < -0.39 is 11.5 Å². The SMILES string of the molecule is CCOC(=O)c1cnc2n(CCN(CC)CC)c3ccccc3n2c1=O. The predicted octanol–water partition coefficient (Wildman–Crippen LogP) is 2.17. The maximum Gasteiger partial charge on any atom is 0.345 e. The number of esters is 1. The molecular formula is C19H24N4O3. The van der Waals surface area contributed by atoms with Crippen molar-refractivity contribution in [2.45, 2.75) is 27.3 Å². The Hall–Kier alpha value is -2.67. The number of likely N-dealkylation sites (N-methyl/N-ethyl adjacent to an activating group) is 1. The zero-order chi connectivity index (χ0) is 18.7. The van der Waals surface area contributed by atoms with Gasteiger partial charge in [-0.15, -0.1) is 0 Å². The van der Waals surface area contributed by atoms with Gasteiger partial charge in [-0.2, -0.15) is 0 Å². The molecule has 0 aliphatic heterocycles. The molecule has 0 bridgehead atoms. The zero-order valence-corrected chi connectivity index (χ0v) is 15.4. The highest BCUT2D eigenvalue weighted by atomic mass is 16.5. The van der Waals surface area contributed by atoms with Crippen molar-refractivity contribution in [1.29, 1.82) is 0 Å². The lowest BCUT2D eigenvalue weighted by Crippen LogP contribution is -2.28. The summed E-state index contributed by atoms with van der Waals surface area (Å²) in [4.78, 5) is 31.7. The van der Waals surface area contributed by atoms with E-state index in [1.54, 1.807) is 6.92 Å². The van der Waals surface area contributed by atoms with E-state index in [4.69, 9.17) is 4.74 Å². The fourth-order valence-electron chi connectivity index (χ4n) is 3.19. The number of hydrogen-bond acceptors (Lipinski definition) is 5. The second-order valence-electron chi connectivity index (χ2n) is 6.00. The van der Waals surface area contributed by atoms with Crippen LogP contribution >= 0.6 is 0 Å². The summed E-state index contributed by atoms with van der Waals surface area (Å²) in [6, 6.07) is 7.65. The molecule has 0 unspecified atom stereocenters. The van der Waals surface area contributed by atoms with E-state index in [1.807, 2.05) is 28.8 Å². The molecule has 0 fully saturated rings. The van der Waals surface area contributed by atoms with Gasteiger partial charge in [-0.05, 0) is 32.1 Å². The van der Waals surface area contributed by atoms with Crippen molar-refractivity contribution >= 4 is 22.8 Å². The van der Waals surface area contributed by atoms with Crippen LogP contribution in [0.4, 0.5) is 0 Å². The van der Waals surface area contributed by atoms with E-state index in [0.717, 1.165) is 30.7 Å². The highest BCUT2D eigenvalue weighted by molar-refractivity contribution is 5.90. The van der Waals surface area contributed by atoms with Gasteiger partial charge in [0.05, 0.1) is 23.8 Å². The number of benzene rings is 1. The van der Waals surface area contributed by atoms with Crippen molar-refractivity contribution in [1.82, 2.24) is 18.9 Å². The smallest absolute Gasteiger partial charge is 0.345 e. The van der Waals surface area contributed by atoms with Crippen LogP contribution in [0.2, 0.25) is 0 Å². The lowest BCUT2D eigenvalue weighted by Gasteiger charge is -2.18. The summed E-state index contributed by atoms with van der Waals surface area (Å²) < 4.78 is 8.51. The molecule has 0 aliphatic rings. The van der Waals surface area contributed by atoms with E-state index in [0.29, 0.717) is 12.3 Å². The van der Waals surface area contributed by atoms with Gasteiger partial charge in [-0.3, -0.25) is 4.79 Å². The van der Waals surface area contributed by atoms with Gasteiger partial charge in [-0.1, -0.05) is 26.0 Å². The Labute approximate surface area is 151 Å². The first kappa shape index (κ1) is 18.1. The average Bonchev–Trinajstić information content (AvgIpc) is 2.97. The average molecular weight is 356 g/mol. The van der Waals surface area contributed by atoms with Gasteiger partial charge in [0.1, 0.15) is 5.56 Å². The van der Waals surface area contributed by atoms with E-state index in [9.17, 15) is 9.59 Å². The summed E-state index contributed by atoms with van der Waals surface area (Å²) >= 11 is 0. The minimum Gasteiger partial charge on any atom is -0.462 e. The second kappa shape index (κ2) is 7.70. The van der Waals surface area contributed by atoms with Crippen LogP contribution < -0.4 is 5.56 Å². The fourth-order valence-corrected chi connectivity index (χ4v) is 3.19. The molecule has 3 rings (SSSR count). The third kappa shape index (κ3) is 3.10. The summed E-state index contributed by atoms with van der Waals surface area (Å²) in [6.07, 6.45) is 1.32. The predicted molar refractivity (Wildman–Crippen MR) is 101 cm³/mol. The molecule has 0 saturated heterocycles. The van der Waals surface area contributed by atoms with Gasteiger partial charge in [0.2, 0.25) is 5.78 Å². The third-order valence-electron chi connectivity index (χ3n) is 4.63. The lowest BCUT2D eigenvalue weighted by molar-refractivity contribution is 0.0523. The minimum absolute atomic E-state index is 0.0454. The van der Waals surface area contributed by atoms with Crippen LogP contribution in [-0.2, 0) is 11.3 Å². The quantitative estimate of drug-likeness (QED) is 0.607. The molecule has 3 aromatic rings. The van der Waals surface area contributed by atoms with Crippen LogP contribution in [0.25, 0.3) is 16.8 Å². The highest BCUT2D eigenvalue weighted by Crippen LogP contribution is 2.18. The van der Waals surface area contributed by atoms with Crippen LogP contribution in [0.1, 0.15) is 31.1 Å². The number of aromatic nitrogens is 3. The zero-order valence-electron chi connectivity index (χ0n) is 15.4. The normalized spacial score (nSPS) is 11.5. The molecule has 138 valence electrons. The number of nitrogens with zero attached hydrogens (tertiary/aromatic N) is 4. The summed E-state index contributed by atoms with van der Waals surface area (Å²) in [5.74, 6) is -0.101. The molecule has 1 aromatic carbocycles. The number of para-hydroxylation sites is 2. The van der Waals surface area contributed by atoms with Crippen LogP contribution in [0.15, 0.2) is 35.3 Å². The van der Waals surface area contributed by atoms with Crippen molar-refractivity contribution in [3.63, 3.8) is 0 Å². The standard InChI is InChI=1S/C19H24N4O3/c1-4-21(5-2)11-12-22-15-9-7-8-10-16(15)23-17(24)14(13-20-19(22)23)18(25)26-6-3/h7-10,13H,4-6,11-12H2,1-3H3. The number of carbonyl (C=O) groups is 1. The Balaban J connectivity index is 2.17. The minimum atomic E-state index is -0.639. The first-order chi connectivity index (χ1) is 12.6. The number of imidazole rings is 1. The molecule has 26 heavy (non-hydrogen) atoms. The Bertz CT molecular complexity index is 986. The summed E-state index contributed by atoms with van der Waals surface area (Å²) in [5, 5.41) is 0. The van der Waals surface area contributed by atoms with E-state index in [-0.39, 0.29) is 12.2 Å². The molecule has 2 aromatic heterocycles. The lowest BCUT2D eigenvalue weighted by atomic mass is 10.3. The third-order valence-corrected chi connectivity index (χ3v) is 4.63. The Kier molecular flexibility index (Phi) is 5.37. The maximum atomic E-state index is 12.9. The van der Waals surface area contributed by atoms with Crippen LogP contribution in [0.3, 0.4) is 0 Å². The first-order valence-electron chi connectivity index (χ1n) is 9.00. The molecule has 0 atom stereocenters. The van der Waals surface area contributed by atoms with Crippen molar-refractivity contribution in [3.05, 3.63) is 46.4 Å². The Morgan fingerprint density at radius 3 is 2.50 bits per heavy atom. The molecule has 7 heteroatoms. The van der Waals surface area contributed by atoms with Gasteiger partial charge < -0.3 is 14.2 Å². The van der Waals surface area contributed by atoms with Gasteiger partial charge in [0.15, 0.2) is 0 Å². The molecule has 0 aliphatic carbocycles. The maximum absolute atomic E-state index is 12.9.